The van der Waals surface area contributed by atoms with Crippen molar-refractivity contribution in [2.24, 2.45) is 0 Å². The molecule has 1 N–H and O–H groups in total. The van der Waals surface area contributed by atoms with Crippen LogP contribution in [0.5, 0.6) is 5.75 Å². The maximum absolute atomic E-state index is 12.6. The van der Waals surface area contributed by atoms with E-state index in [0.717, 1.165) is 26.8 Å². The number of rotatable bonds is 11. The van der Waals surface area contributed by atoms with Gasteiger partial charge < -0.3 is 10.1 Å². The minimum absolute atomic E-state index is 0.163. The van der Waals surface area contributed by atoms with Crippen molar-refractivity contribution < 1.29 is 9.53 Å². The lowest BCUT2D eigenvalue weighted by molar-refractivity contribution is -0.113. The first-order valence-electron chi connectivity index (χ1n) is 11.0. The molecule has 0 unspecified atom stereocenters. The van der Waals surface area contributed by atoms with Gasteiger partial charge in [0.15, 0.2) is 16.1 Å². The smallest absolute Gasteiger partial charge is 0.236 e. The van der Waals surface area contributed by atoms with Gasteiger partial charge in [-0.1, -0.05) is 47.6 Å². The molecule has 7 nitrogen and oxygen atoms in total. The van der Waals surface area contributed by atoms with Gasteiger partial charge >= 0.3 is 0 Å². The van der Waals surface area contributed by atoms with Crippen LogP contribution in [0.1, 0.15) is 17.4 Å². The van der Waals surface area contributed by atoms with Crippen molar-refractivity contribution in [1.82, 2.24) is 19.7 Å². The Labute approximate surface area is 217 Å². The summed E-state index contributed by atoms with van der Waals surface area (Å²) in [4.78, 5) is 17.9. The minimum Gasteiger partial charge on any atom is -0.494 e. The Morgan fingerprint density at radius 3 is 2.77 bits per heavy atom. The monoisotopic (exact) mass is 525 g/mol. The van der Waals surface area contributed by atoms with Gasteiger partial charge in [-0.25, -0.2) is 4.98 Å². The number of benzene rings is 2. The van der Waals surface area contributed by atoms with E-state index in [9.17, 15) is 4.79 Å². The van der Waals surface area contributed by atoms with Crippen LogP contribution < -0.4 is 10.1 Å². The normalized spacial score (nSPS) is 10.8. The van der Waals surface area contributed by atoms with E-state index in [1.165, 1.54) is 23.1 Å². The number of ether oxygens (including phenoxy) is 1. The largest absolute Gasteiger partial charge is 0.494 e. The van der Waals surface area contributed by atoms with Crippen molar-refractivity contribution in [3.8, 4) is 17.1 Å². The molecule has 2 heterocycles. The number of amides is 1. The summed E-state index contributed by atoms with van der Waals surface area (Å²) in [6, 6.07) is 15.4. The quantitative estimate of drug-likeness (QED) is 0.192. The highest BCUT2D eigenvalue weighted by Gasteiger charge is 2.16. The van der Waals surface area contributed by atoms with E-state index in [1.807, 2.05) is 60.0 Å². The summed E-state index contributed by atoms with van der Waals surface area (Å²) in [6.07, 6.45) is 4.21. The van der Waals surface area contributed by atoms with Gasteiger partial charge in [0.1, 0.15) is 5.75 Å². The molecule has 1 amide bonds. The summed E-state index contributed by atoms with van der Waals surface area (Å²) >= 11 is 9.00. The highest BCUT2D eigenvalue weighted by molar-refractivity contribution is 7.99. The Hall–Kier alpha value is -3.14. The third-order valence-corrected chi connectivity index (χ3v) is 7.16. The van der Waals surface area contributed by atoms with E-state index in [1.54, 1.807) is 12.3 Å². The number of halogens is 1. The molecule has 0 atom stereocenters. The fourth-order valence-electron chi connectivity index (χ4n) is 3.33. The molecule has 0 fully saturated rings. The van der Waals surface area contributed by atoms with Crippen molar-refractivity contribution in [2.45, 2.75) is 25.0 Å². The predicted molar refractivity (Wildman–Crippen MR) is 143 cm³/mol. The SMILES string of the molecule is C=CCn1c(SCC(=O)Nc2ncc(Cc3ccccc3Cl)s2)nnc1-c1ccc(OCC)cc1. The van der Waals surface area contributed by atoms with Gasteiger partial charge in [-0.05, 0) is 42.8 Å². The van der Waals surface area contributed by atoms with Gasteiger partial charge in [-0.3, -0.25) is 9.36 Å². The molecule has 35 heavy (non-hydrogen) atoms. The zero-order chi connectivity index (χ0) is 24.6. The number of thioether (sulfide) groups is 1. The molecule has 2 aromatic heterocycles. The Balaban J connectivity index is 1.38. The third-order valence-electron chi connectivity index (χ3n) is 4.91. The molecule has 180 valence electrons. The zero-order valence-corrected chi connectivity index (χ0v) is 21.5. The highest BCUT2D eigenvalue weighted by atomic mass is 35.5. The maximum atomic E-state index is 12.6. The lowest BCUT2D eigenvalue weighted by Gasteiger charge is -2.08. The molecule has 4 rings (SSSR count). The number of hydrogen-bond acceptors (Lipinski definition) is 7. The van der Waals surface area contributed by atoms with Gasteiger partial charge in [-0.2, -0.15) is 0 Å². The van der Waals surface area contributed by atoms with Crippen LogP contribution in [0.2, 0.25) is 5.02 Å². The summed E-state index contributed by atoms with van der Waals surface area (Å²) in [5.74, 6) is 1.52. The molecule has 0 spiro atoms. The summed E-state index contributed by atoms with van der Waals surface area (Å²) < 4.78 is 7.45. The van der Waals surface area contributed by atoms with E-state index < -0.39 is 0 Å². The minimum atomic E-state index is -0.163. The molecule has 0 aliphatic rings. The zero-order valence-electron chi connectivity index (χ0n) is 19.1. The van der Waals surface area contributed by atoms with E-state index in [2.05, 4.69) is 27.1 Å². The number of anilines is 1. The number of carbonyl (C=O) groups is 1. The van der Waals surface area contributed by atoms with Crippen molar-refractivity contribution in [1.29, 1.82) is 0 Å². The summed E-state index contributed by atoms with van der Waals surface area (Å²) in [7, 11) is 0. The molecule has 2 aromatic carbocycles. The van der Waals surface area contributed by atoms with Gasteiger partial charge in [-0.15, -0.1) is 28.1 Å². The molecule has 0 radical (unpaired) electrons. The number of nitrogens with zero attached hydrogens (tertiary/aromatic N) is 4. The third kappa shape index (κ3) is 6.50. The molecule has 0 bridgehead atoms. The fraction of sp³-hybridized carbons (Fsp3) is 0.200. The lowest BCUT2D eigenvalue weighted by atomic mass is 10.1. The first-order valence-corrected chi connectivity index (χ1v) is 13.1. The first-order chi connectivity index (χ1) is 17.1. The maximum Gasteiger partial charge on any atom is 0.236 e. The van der Waals surface area contributed by atoms with Crippen molar-refractivity contribution in [3.63, 3.8) is 0 Å². The fourth-order valence-corrected chi connectivity index (χ4v) is 5.13. The number of hydrogen-bond donors (Lipinski definition) is 1. The van der Waals surface area contributed by atoms with Crippen LogP contribution in [0.15, 0.2) is 72.5 Å². The van der Waals surface area contributed by atoms with Crippen LogP contribution >= 0.6 is 34.7 Å². The number of aromatic nitrogens is 4. The van der Waals surface area contributed by atoms with Crippen molar-refractivity contribution >= 4 is 45.7 Å². The van der Waals surface area contributed by atoms with Gasteiger partial charge in [0.25, 0.3) is 0 Å². The average molecular weight is 526 g/mol. The van der Waals surface area contributed by atoms with Crippen LogP contribution in [0.3, 0.4) is 0 Å². The van der Waals surface area contributed by atoms with Crippen LogP contribution in [-0.2, 0) is 17.8 Å². The summed E-state index contributed by atoms with van der Waals surface area (Å²) in [6.45, 7) is 6.92. The topological polar surface area (TPSA) is 81.9 Å². The molecule has 4 aromatic rings. The first kappa shape index (κ1) is 25.0. The van der Waals surface area contributed by atoms with Crippen LogP contribution in [0, 0.1) is 0 Å². The Morgan fingerprint density at radius 2 is 2.03 bits per heavy atom. The standard InChI is InChI=1S/C25H24ClN5O2S2/c1-3-13-31-23(17-9-11-19(12-10-17)33-4-2)29-30-25(31)34-16-22(32)28-24-27-15-20(35-24)14-18-7-5-6-8-21(18)26/h3,5-12,15H,1,4,13-14,16H2,2H3,(H,27,28,32). The number of allylic oxidation sites excluding steroid dienone is 1. The molecule has 0 saturated carbocycles. The van der Waals surface area contributed by atoms with Gasteiger partial charge in [0.2, 0.25) is 5.91 Å². The average Bonchev–Trinajstić information content (AvgIpc) is 3.47. The molecule has 0 saturated heterocycles. The van der Waals surface area contributed by atoms with Crippen LogP contribution in [0.25, 0.3) is 11.4 Å². The van der Waals surface area contributed by atoms with E-state index in [0.29, 0.717) is 35.7 Å². The summed E-state index contributed by atoms with van der Waals surface area (Å²) in [5.41, 5.74) is 1.93. The number of carbonyl (C=O) groups excluding carboxylic acids is 1. The van der Waals surface area contributed by atoms with Crippen molar-refractivity contribution in [3.05, 3.63) is 82.8 Å². The molecular formula is C25H24ClN5O2S2. The van der Waals surface area contributed by atoms with E-state index >= 15 is 0 Å². The predicted octanol–water partition coefficient (Wildman–Crippen LogP) is 5.96. The summed E-state index contributed by atoms with van der Waals surface area (Å²) in [5, 5.41) is 13.4. The van der Waals surface area contributed by atoms with Gasteiger partial charge in [0.05, 0.1) is 12.4 Å². The number of nitrogens with one attached hydrogen (secondary N) is 1. The Bertz CT molecular complexity index is 1300. The second-order valence-corrected chi connectivity index (χ2v) is 9.86. The Morgan fingerprint density at radius 1 is 1.23 bits per heavy atom. The lowest BCUT2D eigenvalue weighted by Crippen LogP contribution is -2.14. The molecule has 0 aliphatic carbocycles. The van der Waals surface area contributed by atoms with E-state index in [-0.39, 0.29) is 11.7 Å². The van der Waals surface area contributed by atoms with E-state index in [4.69, 9.17) is 16.3 Å². The van der Waals surface area contributed by atoms with Crippen LogP contribution in [0.4, 0.5) is 5.13 Å². The molecule has 10 heteroatoms. The second kappa shape index (κ2) is 12.0. The highest BCUT2D eigenvalue weighted by Crippen LogP contribution is 2.27. The van der Waals surface area contributed by atoms with Gasteiger partial charge in [0, 0.05) is 34.6 Å². The van der Waals surface area contributed by atoms with Crippen LogP contribution in [-0.4, -0.2) is 38.0 Å². The van der Waals surface area contributed by atoms with Crippen molar-refractivity contribution in [2.75, 3.05) is 17.7 Å². The second-order valence-electron chi connectivity index (χ2n) is 7.40. The molecule has 0 aliphatic heterocycles. The number of thiazole rings is 1. The Kier molecular flexibility index (Phi) is 8.57. The molecular weight excluding hydrogens is 502 g/mol.